The van der Waals surface area contributed by atoms with Crippen LogP contribution in [0.25, 0.3) is 0 Å². The minimum atomic E-state index is 0.0843. The summed E-state index contributed by atoms with van der Waals surface area (Å²) in [6.45, 7) is 3.07. The van der Waals surface area contributed by atoms with E-state index in [1.165, 1.54) is 0 Å². The minimum absolute atomic E-state index is 0.0843. The Labute approximate surface area is 131 Å². The molecule has 1 unspecified atom stereocenters. The molecule has 0 fully saturated rings. The molecule has 4 heteroatoms. The van der Waals surface area contributed by atoms with E-state index in [1.807, 2.05) is 30.3 Å². The molecular formula is C17H21ClN2O. The van der Waals surface area contributed by atoms with E-state index in [4.69, 9.17) is 16.3 Å². The molecule has 0 aliphatic carbocycles. The van der Waals surface area contributed by atoms with E-state index in [9.17, 15) is 0 Å². The van der Waals surface area contributed by atoms with Crippen molar-refractivity contribution < 1.29 is 4.74 Å². The van der Waals surface area contributed by atoms with Crippen LogP contribution in [-0.4, -0.2) is 18.6 Å². The third-order valence-electron chi connectivity index (χ3n) is 3.37. The topological polar surface area (TPSA) is 34.2 Å². The van der Waals surface area contributed by atoms with Gasteiger partial charge in [-0.15, -0.1) is 0 Å². The van der Waals surface area contributed by atoms with Crippen LogP contribution >= 0.6 is 11.6 Å². The van der Waals surface area contributed by atoms with Crippen LogP contribution in [0.5, 0.6) is 5.75 Å². The van der Waals surface area contributed by atoms with E-state index in [-0.39, 0.29) is 6.04 Å². The highest BCUT2D eigenvalue weighted by Gasteiger charge is 2.18. The summed E-state index contributed by atoms with van der Waals surface area (Å²) in [6, 6.07) is 11.8. The first kappa shape index (κ1) is 15.8. The second-order valence-corrected chi connectivity index (χ2v) is 5.30. The molecule has 0 bridgehead atoms. The van der Waals surface area contributed by atoms with Gasteiger partial charge >= 0.3 is 0 Å². The molecule has 1 aromatic carbocycles. The van der Waals surface area contributed by atoms with Crippen LogP contribution in [-0.2, 0) is 6.42 Å². The van der Waals surface area contributed by atoms with E-state index in [1.54, 1.807) is 13.3 Å². The Hall–Kier alpha value is -1.58. The first-order chi connectivity index (χ1) is 10.3. The van der Waals surface area contributed by atoms with Gasteiger partial charge in [0.1, 0.15) is 5.75 Å². The summed E-state index contributed by atoms with van der Waals surface area (Å²) in [7, 11) is 1.67. The van der Waals surface area contributed by atoms with Crippen molar-refractivity contribution in [2.24, 2.45) is 0 Å². The number of methoxy groups -OCH3 is 1. The Morgan fingerprint density at radius 2 is 2.05 bits per heavy atom. The molecule has 0 radical (unpaired) electrons. The van der Waals surface area contributed by atoms with Gasteiger partial charge in [0.15, 0.2) is 0 Å². The number of rotatable bonds is 7. The summed E-state index contributed by atoms with van der Waals surface area (Å²) in [5.41, 5.74) is 2.04. The van der Waals surface area contributed by atoms with Crippen LogP contribution in [0.2, 0.25) is 5.02 Å². The van der Waals surface area contributed by atoms with Gasteiger partial charge in [-0.25, -0.2) is 0 Å². The number of ether oxygens (including phenoxy) is 1. The first-order valence-corrected chi connectivity index (χ1v) is 7.59. The Kier molecular flexibility index (Phi) is 6.03. The molecule has 1 N–H and O–H groups in total. The molecule has 1 atom stereocenters. The molecule has 0 aliphatic heterocycles. The third-order valence-corrected chi connectivity index (χ3v) is 3.74. The second kappa shape index (κ2) is 8.01. The number of hydrogen-bond donors (Lipinski definition) is 1. The lowest BCUT2D eigenvalue weighted by Crippen LogP contribution is -2.25. The Morgan fingerprint density at radius 3 is 2.76 bits per heavy atom. The van der Waals surface area contributed by atoms with Gasteiger partial charge in [0.2, 0.25) is 0 Å². The molecule has 0 amide bonds. The summed E-state index contributed by atoms with van der Waals surface area (Å²) in [5, 5.41) is 4.32. The largest absolute Gasteiger partial charge is 0.495 e. The van der Waals surface area contributed by atoms with Gasteiger partial charge in [-0.05, 0) is 43.1 Å². The van der Waals surface area contributed by atoms with Crippen LogP contribution in [0.15, 0.2) is 42.6 Å². The number of nitrogens with zero attached hydrogens (tertiary/aromatic N) is 1. The summed E-state index contributed by atoms with van der Waals surface area (Å²) in [4.78, 5) is 4.50. The number of benzene rings is 1. The van der Waals surface area contributed by atoms with Crippen LogP contribution < -0.4 is 10.1 Å². The van der Waals surface area contributed by atoms with E-state index in [0.717, 1.165) is 41.4 Å². The fourth-order valence-electron chi connectivity index (χ4n) is 2.31. The maximum atomic E-state index is 6.28. The van der Waals surface area contributed by atoms with Gasteiger partial charge in [0.25, 0.3) is 0 Å². The lowest BCUT2D eigenvalue weighted by atomic mass is 10.0. The van der Waals surface area contributed by atoms with Gasteiger partial charge in [0, 0.05) is 11.2 Å². The Balaban J connectivity index is 2.28. The molecular weight excluding hydrogens is 284 g/mol. The molecule has 0 spiro atoms. The van der Waals surface area contributed by atoms with Gasteiger partial charge in [-0.1, -0.05) is 36.7 Å². The lowest BCUT2D eigenvalue weighted by molar-refractivity contribution is 0.393. The number of hydrogen-bond acceptors (Lipinski definition) is 3. The van der Waals surface area contributed by atoms with Crippen LogP contribution in [0, 0.1) is 0 Å². The zero-order chi connectivity index (χ0) is 15.1. The summed E-state index contributed by atoms with van der Waals surface area (Å²) < 4.78 is 5.44. The molecule has 2 aromatic rings. The maximum Gasteiger partial charge on any atom is 0.141 e. The lowest BCUT2D eigenvalue weighted by Gasteiger charge is -2.20. The normalized spacial score (nSPS) is 12.1. The third kappa shape index (κ3) is 4.19. The number of nitrogens with one attached hydrogen (secondary N) is 1. The van der Waals surface area contributed by atoms with Crippen molar-refractivity contribution in [3.8, 4) is 5.75 Å². The standard InChI is InChI=1S/C17H21ClN2O/c1-3-10-19-15(12-13-7-4-5-8-14(13)18)17-16(21-2)9-6-11-20-17/h4-9,11,15,19H,3,10,12H2,1-2H3. The van der Waals surface area contributed by atoms with E-state index >= 15 is 0 Å². The summed E-state index contributed by atoms with van der Waals surface area (Å²) in [5.74, 6) is 0.804. The molecule has 0 saturated carbocycles. The predicted molar refractivity (Wildman–Crippen MR) is 87.0 cm³/mol. The number of aromatic nitrogens is 1. The average Bonchev–Trinajstić information content (AvgIpc) is 2.53. The van der Waals surface area contributed by atoms with Gasteiger partial charge in [0.05, 0.1) is 18.8 Å². The Morgan fingerprint density at radius 1 is 1.24 bits per heavy atom. The highest BCUT2D eigenvalue weighted by atomic mass is 35.5. The van der Waals surface area contributed by atoms with Gasteiger partial charge in [-0.3, -0.25) is 4.98 Å². The van der Waals surface area contributed by atoms with Crippen LogP contribution in [0.4, 0.5) is 0 Å². The fraction of sp³-hybridized carbons (Fsp3) is 0.353. The highest BCUT2D eigenvalue weighted by Crippen LogP contribution is 2.27. The molecule has 21 heavy (non-hydrogen) atoms. The Bertz CT molecular complexity index is 574. The van der Waals surface area contributed by atoms with Crippen molar-refractivity contribution in [2.45, 2.75) is 25.8 Å². The zero-order valence-corrected chi connectivity index (χ0v) is 13.2. The predicted octanol–water partition coefficient (Wildman–Crippen LogP) is 4.03. The molecule has 1 aromatic heterocycles. The van der Waals surface area contributed by atoms with E-state index in [2.05, 4.69) is 23.3 Å². The molecule has 0 saturated heterocycles. The molecule has 1 heterocycles. The van der Waals surface area contributed by atoms with Crippen molar-refractivity contribution in [2.75, 3.05) is 13.7 Å². The van der Waals surface area contributed by atoms with E-state index < -0.39 is 0 Å². The number of pyridine rings is 1. The summed E-state index contributed by atoms with van der Waals surface area (Å²) in [6.07, 6.45) is 3.65. The van der Waals surface area contributed by atoms with Crippen molar-refractivity contribution in [1.82, 2.24) is 10.3 Å². The molecule has 2 rings (SSSR count). The van der Waals surface area contributed by atoms with E-state index in [0.29, 0.717) is 0 Å². The number of halogens is 1. The second-order valence-electron chi connectivity index (χ2n) is 4.89. The quantitative estimate of drug-likeness (QED) is 0.838. The van der Waals surface area contributed by atoms with Gasteiger partial charge in [-0.2, -0.15) is 0 Å². The maximum absolute atomic E-state index is 6.28. The van der Waals surface area contributed by atoms with Crippen LogP contribution in [0.1, 0.15) is 30.6 Å². The highest BCUT2D eigenvalue weighted by molar-refractivity contribution is 6.31. The molecule has 3 nitrogen and oxygen atoms in total. The monoisotopic (exact) mass is 304 g/mol. The van der Waals surface area contributed by atoms with Gasteiger partial charge < -0.3 is 10.1 Å². The first-order valence-electron chi connectivity index (χ1n) is 7.22. The minimum Gasteiger partial charge on any atom is -0.495 e. The van der Waals surface area contributed by atoms with Crippen LogP contribution in [0.3, 0.4) is 0 Å². The zero-order valence-electron chi connectivity index (χ0n) is 12.5. The molecule has 0 aliphatic rings. The fourth-order valence-corrected chi connectivity index (χ4v) is 2.52. The van der Waals surface area contributed by atoms with Crippen molar-refractivity contribution >= 4 is 11.6 Å². The van der Waals surface area contributed by atoms with Crippen molar-refractivity contribution in [1.29, 1.82) is 0 Å². The average molecular weight is 305 g/mol. The van der Waals surface area contributed by atoms with Crippen molar-refractivity contribution in [3.63, 3.8) is 0 Å². The SMILES string of the molecule is CCCNC(Cc1ccccc1Cl)c1ncccc1OC. The van der Waals surface area contributed by atoms with Crippen molar-refractivity contribution in [3.05, 3.63) is 58.9 Å². The summed E-state index contributed by atoms with van der Waals surface area (Å²) >= 11 is 6.28. The smallest absolute Gasteiger partial charge is 0.141 e. The molecule has 112 valence electrons.